The normalized spacial score (nSPS) is 12.1. The average molecular weight is 740 g/mol. The second-order valence-corrected chi connectivity index (χ2v) is 15.3. The van der Waals surface area contributed by atoms with Gasteiger partial charge in [-0.3, -0.25) is 0 Å². The van der Waals surface area contributed by atoms with E-state index in [1.165, 1.54) is 71.1 Å². The fraction of sp³-hybridized carbons (Fsp3) is 0. The van der Waals surface area contributed by atoms with Crippen molar-refractivity contribution in [3.8, 4) is 28.2 Å². The highest BCUT2D eigenvalue weighted by Crippen LogP contribution is 2.42. The Labute approximate surface area is 332 Å². The molecular formula is C54H33N3O. The smallest absolute Gasteiger partial charge is 0.135 e. The number of rotatable bonds is 4. The molecule has 4 heterocycles. The zero-order valence-electron chi connectivity index (χ0n) is 31.3. The van der Waals surface area contributed by atoms with E-state index in [0.717, 1.165) is 44.4 Å². The summed E-state index contributed by atoms with van der Waals surface area (Å²) in [5.41, 5.74) is 14.7. The Kier molecular flexibility index (Phi) is 6.41. The van der Waals surface area contributed by atoms with Gasteiger partial charge in [-0.25, -0.2) is 0 Å². The molecule has 0 atom stereocenters. The first-order valence-corrected chi connectivity index (χ1v) is 19.8. The molecule has 0 bridgehead atoms. The number of fused-ring (bicyclic) bond motifs is 12. The molecular weight excluding hydrogens is 707 g/mol. The molecule has 0 saturated carbocycles. The number of para-hydroxylation sites is 5. The van der Waals surface area contributed by atoms with Crippen LogP contribution >= 0.6 is 0 Å². The number of aromatic nitrogens is 3. The van der Waals surface area contributed by atoms with Crippen LogP contribution in [0.3, 0.4) is 0 Å². The van der Waals surface area contributed by atoms with Crippen LogP contribution < -0.4 is 0 Å². The van der Waals surface area contributed by atoms with E-state index in [9.17, 15) is 0 Å². The van der Waals surface area contributed by atoms with Gasteiger partial charge in [-0.05, 0) is 96.1 Å². The van der Waals surface area contributed by atoms with Gasteiger partial charge < -0.3 is 18.1 Å². The van der Waals surface area contributed by atoms with Crippen LogP contribution in [0.15, 0.2) is 205 Å². The van der Waals surface area contributed by atoms with Gasteiger partial charge in [0.25, 0.3) is 0 Å². The lowest BCUT2D eigenvalue weighted by molar-refractivity contribution is 0.669. The summed E-state index contributed by atoms with van der Waals surface area (Å²) in [6.45, 7) is 0. The van der Waals surface area contributed by atoms with Crippen LogP contribution in [-0.4, -0.2) is 13.7 Å². The summed E-state index contributed by atoms with van der Waals surface area (Å²) in [4.78, 5) is 0. The SMILES string of the molecule is c1cc(-c2ccc3oc4ccccc4c3c2)cc(-n2c3ccccc3c3cc(-n4c5ccccc5c5c(-n6c7ccccc7c7ccccc76)cccc54)ccc32)c1. The van der Waals surface area contributed by atoms with E-state index >= 15 is 0 Å². The van der Waals surface area contributed by atoms with Crippen LogP contribution in [0.1, 0.15) is 0 Å². The van der Waals surface area contributed by atoms with E-state index in [2.05, 4.69) is 202 Å². The summed E-state index contributed by atoms with van der Waals surface area (Å²) >= 11 is 0. The Morgan fingerprint density at radius 3 is 1.55 bits per heavy atom. The maximum atomic E-state index is 6.15. The fourth-order valence-electron chi connectivity index (χ4n) is 9.76. The van der Waals surface area contributed by atoms with Crippen molar-refractivity contribution < 1.29 is 4.42 Å². The molecule has 0 radical (unpaired) electrons. The van der Waals surface area contributed by atoms with Crippen LogP contribution in [0.4, 0.5) is 0 Å². The van der Waals surface area contributed by atoms with Crippen LogP contribution in [0.25, 0.3) is 116 Å². The van der Waals surface area contributed by atoms with Crippen molar-refractivity contribution in [2.24, 2.45) is 0 Å². The highest BCUT2D eigenvalue weighted by atomic mass is 16.3. The van der Waals surface area contributed by atoms with Gasteiger partial charge in [0, 0.05) is 54.5 Å². The maximum Gasteiger partial charge on any atom is 0.135 e. The van der Waals surface area contributed by atoms with E-state index in [1.807, 2.05) is 12.1 Å². The first-order chi connectivity index (χ1) is 28.8. The Morgan fingerprint density at radius 1 is 0.276 bits per heavy atom. The summed E-state index contributed by atoms with van der Waals surface area (Å²) in [6.07, 6.45) is 0. The summed E-state index contributed by atoms with van der Waals surface area (Å²) in [5, 5.41) is 9.71. The second kappa shape index (κ2) is 11.8. The molecule has 0 saturated heterocycles. The maximum absolute atomic E-state index is 6.15. The Balaban J connectivity index is 1.01. The van der Waals surface area contributed by atoms with E-state index in [4.69, 9.17) is 4.42 Å². The summed E-state index contributed by atoms with van der Waals surface area (Å²) in [5.74, 6) is 0. The lowest BCUT2D eigenvalue weighted by Gasteiger charge is -2.12. The van der Waals surface area contributed by atoms with Gasteiger partial charge in [0.1, 0.15) is 11.2 Å². The highest BCUT2D eigenvalue weighted by Gasteiger charge is 2.21. The minimum absolute atomic E-state index is 0.908. The largest absolute Gasteiger partial charge is 0.456 e. The molecule has 58 heavy (non-hydrogen) atoms. The third kappa shape index (κ3) is 4.34. The quantitative estimate of drug-likeness (QED) is 0.177. The molecule has 0 N–H and O–H groups in total. The second-order valence-electron chi connectivity index (χ2n) is 15.3. The van der Waals surface area contributed by atoms with Crippen LogP contribution in [0, 0.1) is 0 Å². The van der Waals surface area contributed by atoms with Crippen molar-refractivity contribution in [1.29, 1.82) is 0 Å². The minimum atomic E-state index is 0.908. The number of hydrogen-bond donors (Lipinski definition) is 0. The monoisotopic (exact) mass is 739 g/mol. The molecule has 4 nitrogen and oxygen atoms in total. The van der Waals surface area contributed by atoms with Gasteiger partial charge in [0.05, 0.1) is 38.8 Å². The van der Waals surface area contributed by atoms with Crippen molar-refractivity contribution in [3.05, 3.63) is 200 Å². The minimum Gasteiger partial charge on any atom is -0.456 e. The number of benzene rings is 9. The highest BCUT2D eigenvalue weighted by molar-refractivity contribution is 6.17. The predicted octanol–water partition coefficient (Wildman–Crippen LogP) is 14.5. The summed E-state index contributed by atoms with van der Waals surface area (Å²) in [7, 11) is 0. The number of hydrogen-bond acceptors (Lipinski definition) is 1. The molecule has 0 spiro atoms. The first-order valence-electron chi connectivity index (χ1n) is 19.8. The first kappa shape index (κ1) is 31.4. The van der Waals surface area contributed by atoms with Gasteiger partial charge in [-0.15, -0.1) is 0 Å². The average Bonchev–Trinajstić information content (AvgIpc) is 4.02. The lowest BCUT2D eigenvalue weighted by Crippen LogP contribution is -1.97. The summed E-state index contributed by atoms with van der Waals surface area (Å²) in [6, 6.07) is 72.6. The molecule has 0 fully saturated rings. The molecule has 4 heteroatoms. The van der Waals surface area contributed by atoms with Gasteiger partial charge in [0.2, 0.25) is 0 Å². The van der Waals surface area contributed by atoms with Gasteiger partial charge in [0.15, 0.2) is 0 Å². The van der Waals surface area contributed by atoms with E-state index < -0.39 is 0 Å². The number of furan rings is 1. The predicted molar refractivity (Wildman–Crippen MR) is 242 cm³/mol. The molecule has 0 amide bonds. The van der Waals surface area contributed by atoms with Crippen LogP contribution in [0.5, 0.6) is 0 Å². The molecule has 13 aromatic rings. The van der Waals surface area contributed by atoms with Crippen molar-refractivity contribution in [2.45, 2.75) is 0 Å². The Hall–Kier alpha value is -7.82. The zero-order chi connectivity index (χ0) is 37.9. The molecule has 9 aromatic carbocycles. The molecule has 0 aliphatic heterocycles. The van der Waals surface area contributed by atoms with E-state index in [1.54, 1.807) is 0 Å². The van der Waals surface area contributed by atoms with Crippen molar-refractivity contribution in [1.82, 2.24) is 13.7 Å². The Bertz CT molecular complexity index is 3760. The Morgan fingerprint density at radius 2 is 0.793 bits per heavy atom. The molecule has 0 aliphatic rings. The molecule has 13 rings (SSSR count). The lowest BCUT2D eigenvalue weighted by atomic mass is 10.0. The third-order valence-electron chi connectivity index (χ3n) is 12.2. The van der Waals surface area contributed by atoms with Gasteiger partial charge >= 0.3 is 0 Å². The van der Waals surface area contributed by atoms with Crippen LogP contribution in [0.2, 0.25) is 0 Å². The fourth-order valence-corrected chi connectivity index (χ4v) is 9.76. The zero-order valence-corrected chi connectivity index (χ0v) is 31.3. The van der Waals surface area contributed by atoms with Gasteiger partial charge in [-0.1, -0.05) is 115 Å². The molecule has 0 aliphatic carbocycles. The number of nitrogens with zero attached hydrogens (tertiary/aromatic N) is 3. The van der Waals surface area contributed by atoms with E-state index in [-0.39, 0.29) is 0 Å². The topological polar surface area (TPSA) is 27.9 Å². The standard InChI is InChI=1S/C54H33N3O/c1-7-21-46-38(15-1)39-16-2-8-22-47(39)57(46)51-25-12-24-50-54(51)42-19-4-9-23-48(42)56(50)37-28-29-49-43(33-37)40-17-3-6-20-45(40)55(49)36-14-11-13-34(31-36)35-27-30-53-44(32-35)41-18-5-10-26-52(41)58-53/h1-33H. The van der Waals surface area contributed by atoms with Crippen molar-refractivity contribution >= 4 is 87.4 Å². The molecule has 270 valence electrons. The van der Waals surface area contributed by atoms with E-state index in [0.29, 0.717) is 0 Å². The molecule has 4 aromatic heterocycles. The van der Waals surface area contributed by atoms with Gasteiger partial charge in [-0.2, -0.15) is 0 Å². The van der Waals surface area contributed by atoms with Crippen molar-refractivity contribution in [3.63, 3.8) is 0 Å². The third-order valence-corrected chi connectivity index (χ3v) is 12.2. The molecule has 0 unspecified atom stereocenters. The van der Waals surface area contributed by atoms with Crippen LogP contribution in [-0.2, 0) is 0 Å². The summed E-state index contributed by atoms with van der Waals surface area (Å²) < 4.78 is 13.5. The van der Waals surface area contributed by atoms with Crippen molar-refractivity contribution in [2.75, 3.05) is 0 Å².